The van der Waals surface area contributed by atoms with Gasteiger partial charge in [-0.2, -0.15) is 0 Å². The van der Waals surface area contributed by atoms with Gasteiger partial charge in [-0.1, -0.05) is 39.0 Å². The minimum Gasteiger partial charge on any atom is -0.324 e. The van der Waals surface area contributed by atoms with Gasteiger partial charge in [-0.05, 0) is 19.3 Å². The normalized spacial score (nSPS) is 18.6. The first-order valence-corrected chi connectivity index (χ1v) is 7.48. The molecule has 2 N–H and O–H groups in total. The van der Waals surface area contributed by atoms with Gasteiger partial charge < -0.3 is 10.3 Å². The van der Waals surface area contributed by atoms with Crippen LogP contribution in [0.2, 0.25) is 0 Å². The molecule has 0 aromatic carbocycles. The van der Waals surface area contributed by atoms with Gasteiger partial charge in [-0.15, -0.1) is 10.2 Å². The lowest BCUT2D eigenvalue weighted by Crippen LogP contribution is -2.14. The summed E-state index contributed by atoms with van der Waals surface area (Å²) < 4.78 is 2.27. The Bertz CT molecular complexity index is 351. The molecule has 4 nitrogen and oxygen atoms in total. The van der Waals surface area contributed by atoms with Crippen LogP contribution in [0.5, 0.6) is 0 Å². The molecule has 1 aliphatic carbocycles. The van der Waals surface area contributed by atoms with Gasteiger partial charge in [-0.3, -0.25) is 0 Å². The summed E-state index contributed by atoms with van der Waals surface area (Å²) in [5.41, 5.74) is 5.76. The zero-order valence-corrected chi connectivity index (χ0v) is 11.6. The predicted molar refractivity (Wildman–Crippen MR) is 73.3 cm³/mol. The Balaban J connectivity index is 2.16. The molecule has 2 rings (SSSR count). The van der Waals surface area contributed by atoms with Crippen molar-refractivity contribution >= 4 is 0 Å². The zero-order valence-electron chi connectivity index (χ0n) is 11.6. The number of nitrogens with two attached hydrogens (primary N) is 1. The molecule has 1 aliphatic rings. The van der Waals surface area contributed by atoms with Gasteiger partial charge in [0.1, 0.15) is 11.6 Å². The van der Waals surface area contributed by atoms with E-state index in [0.717, 1.165) is 18.8 Å². The average molecular weight is 250 g/mol. The Morgan fingerprint density at radius 1 is 1.11 bits per heavy atom. The highest BCUT2D eigenvalue weighted by Crippen LogP contribution is 2.30. The molecule has 1 fully saturated rings. The number of hydrogen-bond acceptors (Lipinski definition) is 3. The van der Waals surface area contributed by atoms with Crippen LogP contribution in [0.15, 0.2) is 0 Å². The summed E-state index contributed by atoms with van der Waals surface area (Å²) in [5.74, 6) is 2.75. The van der Waals surface area contributed by atoms with E-state index < -0.39 is 0 Å². The molecule has 0 spiro atoms. The summed E-state index contributed by atoms with van der Waals surface area (Å²) in [7, 11) is 0. The van der Waals surface area contributed by atoms with Gasteiger partial charge in [0.25, 0.3) is 0 Å². The van der Waals surface area contributed by atoms with E-state index in [2.05, 4.69) is 21.7 Å². The fourth-order valence-electron chi connectivity index (χ4n) is 2.98. The molecular weight excluding hydrogens is 224 g/mol. The first kappa shape index (κ1) is 13.5. The highest BCUT2D eigenvalue weighted by Gasteiger charge is 2.21. The Hall–Kier alpha value is -0.900. The summed E-state index contributed by atoms with van der Waals surface area (Å²) in [6.07, 6.45) is 10.5. The second-order valence-corrected chi connectivity index (χ2v) is 5.37. The molecule has 0 bridgehead atoms. The van der Waals surface area contributed by atoms with Crippen LogP contribution in [-0.4, -0.2) is 14.8 Å². The van der Waals surface area contributed by atoms with E-state index in [-0.39, 0.29) is 0 Å². The molecule has 1 heterocycles. The lowest BCUT2D eigenvalue weighted by atomic mass is 9.90. The van der Waals surface area contributed by atoms with Crippen molar-refractivity contribution < 1.29 is 0 Å². The molecule has 1 aromatic heterocycles. The Morgan fingerprint density at radius 2 is 1.78 bits per heavy atom. The highest BCUT2D eigenvalue weighted by atomic mass is 15.3. The second-order valence-electron chi connectivity index (χ2n) is 5.37. The molecule has 0 saturated heterocycles. The highest BCUT2D eigenvalue weighted by molar-refractivity contribution is 5.02. The zero-order chi connectivity index (χ0) is 12.8. The number of hydrogen-bond donors (Lipinski definition) is 1. The third kappa shape index (κ3) is 3.10. The minimum absolute atomic E-state index is 0.500. The molecular formula is C14H26N4. The average Bonchev–Trinajstić information content (AvgIpc) is 2.72. The lowest BCUT2D eigenvalue weighted by Gasteiger charge is -2.20. The summed E-state index contributed by atoms with van der Waals surface area (Å²) in [5, 5.41) is 8.70. The SMILES string of the molecule is CCCn1c(CN)nnc1C1CCCCCCC1. The number of rotatable bonds is 4. The van der Waals surface area contributed by atoms with Crippen molar-refractivity contribution in [1.82, 2.24) is 14.8 Å². The van der Waals surface area contributed by atoms with Crippen molar-refractivity contribution in [1.29, 1.82) is 0 Å². The largest absolute Gasteiger partial charge is 0.324 e. The molecule has 1 aromatic rings. The molecule has 1 saturated carbocycles. The van der Waals surface area contributed by atoms with E-state index in [4.69, 9.17) is 5.73 Å². The fourth-order valence-corrected chi connectivity index (χ4v) is 2.98. The van der Waals surface area contributed by atoms with Gasteiger partial charge in [0.05, 0.1) is 6.54 Å². The third-order valence-electron chi connectivity index (χ3n) is 3.96. The van der Waals surface area contributed by atoms with Crippen molar-refractivity contribution in [3.8, 4) is 0 Å². The van der Waals surface area contributed by atoms with Gasteiger partial charge in [0.15, 0.2) is 0 Å². The van der Waals surface area contributed by atoms with E-state index in [1.54, 1.807) is 0 Å². The molecule has 0 radical (unpaired) electrons. The molecule has 0 atom stereocenters. The van der Waals surface area contributed by atoms with Crippen LogP contribution in [0.3, 0.4) is 0 Å². The standard InChI is InChI=1S/C14H26N4/c1-2-10-18-13(11-15)16-17-14(18)12-8-6-4-3-5-7-9-12/h12H,2-11,15H2,1H3. The first-order valence-electron chi connectivity index (χ1n) is 7.48. The Kier molecular flexibility index (Phi) is 5.17. The third-order valence-corrected chi connectivity index (χ3v) is 3.96. The Morgan fingerprint density at radius 3 is 2.39 bits per heavy atom. The summed E-state index contributed by atoms with van der Waals surface area (Å²) in [4.78, 5) is 0. The van der Waals surface area contributed by atoms with Crippen LogP contribution in [0.4, 0.5) is 0 Å². The van der Waals surface area contributed by atoms with Crippen molar-refractivity contribution in [3.63, 3.8) is 0 Å². The van der Waals surface area contributed by atoms with Gasteiger partial charge >= 0.3 is 0 Å². The van der Waals surface area contributed by atoms with E-state index >= 15 is 0 Å². The molecule has 0 unspecified atom stereocenters. The van der Waals surface area contributed by atoms with Crippen molar-refractivity contribution in [2.45, 2.75) is 77.3 Å². The van der Waals surface area contributed by atoms with Gasteiger partial charge in [0.2, 0.25) is 0 Å². The van der Waals surface area contributed by atoms with E-state index in [1.165, 1.54) is 50.8 Å². The van der Waals surface area contributed by atoms with Crippen LogP contribution in [-0.2, 0) is 13.1 Å². The van der Waals surface area contributed by atoms with Crippen molar-refractivity contribution in [2.24, 2.45) is 5.73 Å². The van der Waals surface area contributed by atoms with E-state index in [1.807, 2.05) is 0 Å². The quantitative estimate of drug-likeness (QED) is 0.893. The topological polar surface area (TPSA) is 56.7 Å². The van der Waals surface area contributed by atoms with Gasteiger partial charge in [0, 0.05) is 12.5 Å². The summed E-state index contributed by atoms with van der Waals surface area (Å²) in [6, 6.07) is 0. The second kappa shape index (κ2) is 6.88. The molecule has 0 amide bonds. The van der Waals surface area contributed by atoms with Crippen LogP contribution in [0, 0.1) is 0 Å². The van der Waals surface area contributed by atoms with Crippen LogP contribution < -0.4 is 5.73 Å². The molecule has 4 heteroatoms. The maximum absolute atomic E-state index is 5.76. The van der Waals surface area contributed by atoms with Crippen LogP contribution in [0.1, 0.15) is 75.9 Å². The number of aromatic nitrogens is 3. The maximum atomic E-state index is 5.76. The molecule has 18 heavy (non-hydrogen) atoms. The van der Waals surface area contributed by atoms with Crippen molar-refractivity contribution in [2.75, 3.05) is 0 Å². The Labute approximate surface area is 110 Å². The fraction of sp³-hybridized carbons (Fsp3) is 0.857. The molecule has 102 valence electrons. The van der Waals surface area contributed by atoms with Crippen LogP contribution >= 0.6 is 0 Å². The van der Waals surface area contributed by atoms with E-state index in [9.17, 15) is 0 Å². The molecule has 0 aliphatic heterocycles. The van der Waals surface area contributed by atoms with Crippen molar-refractivity contribution in [3.05, 3.63) is 11.6 Å². The monoisotopic (exact) mass is 250 g/mol. The van der Waals surface area contributed by atoms with Gasteiger partial charge in [-0.25, -0.2) is 0 Å². The smallest absolute Gasteiger partial charge is 0.146 e. The van der Waals surface area contributed by atoms with Crippen LogP contribution in [0.25, 0.3) is 0 Å². The first-order chi connectivity index (χ1) is 8.86. The summed E-state index contributed by atoms with van der Waals surface area (Å²) >= 11 is 0. The minimum atomic E-state index is 0.500. The van der Waals surface area contributed by atoms with E-state index in [0.29, 0.717) is 12.5 Å². The number of nitrogens with zero attached hydrogens (tertiary/aromatic N) is 3. The lowest BCUT2D eigenvalue weighted by molar-refractivity contribution is 0.426. The maximum Gasteiger partial charge on any atom is 0.146 e. The predicted octanol–water partition coefficient (Wildman–Crippen LogP) is 2.97. The summed E-state index contributed by atoms with van der Waals surface area (Å²) in [6.45, 7) is 3.70.